The number of carbonyl (C=O) groups is 1. The molecular formula is C13H15N3O4. The Labute approximate surface area is 115 Å². The highest BCUT2D eigenvalue weighted by molar-refractivity contribution is 5.87. The molecule has 0 aliphatic rings. The van der Waals surface area contributed by atoms with Crippen LogP contribution < -0.4 is 9.47 Å². The average molecular weight is 277 g/mol. The number of rotatable bonds is 5. The zero-order valence-electron chi connectivity index (χ0n) is 11.5. The number of methoxy groups -OCH3 is 1. The number of ether oxygens (including phenoxy) is 2. The van der Waals surface area contributed by atoms with Crippen molar-refractivity contribution >= 4 is 5.97 Å². The van der Waals surface area contributed by atoms with E-state index in [1.807, 2.05) is 6.92 Å². The van der Waals surface area contributed by atoms with Crippen molar-refractivity contribution in [1.29, 1.82) is 0 Å². The van der Waals surface area contributed by atoms with E-state index in [-0.39, 0.29) is 5.69 Å². The number of aromatic carboxylic acids is 1. The van der Waals surface area contributed by atoms with Gasteiger partial charge >= 0.3 is 5.97 Å². The molecule has 0 radical (unpaired) electrons. The van der Waals surface area contributed by atoms with Crippen molar-refractivity contribution in [2.75, 3.05) is 13.7 Å². The summed E-state index contributed by atoms with van der Waals surface area (Å²) < 4.78 is 12.1. The maximum Gasteiger partial charge on any atom is 0.356 e. The SMILES string of the molecule is CCOc1cc(OC)c(-c2cc(C(=O)O)nn2C)cn1. The topological polar surface area (TPSA) is 86.5 Å². The Morgan fingerprint density at radius 2 is 2.20 bits per heavy atom. The number of carboxylic acid groups (broad SMARTS) is 1. The van der Waals surface area contributed by atoms with E-state index >= 15 is 0 Å². The summed E-state index contributed by atoms with van der Waals surface area (Å²) in [5.74, 6) is -0.0816. The van der Waals surface area contributed by atoms with Crippen LogP contribution in [0.5, 0.6) is 11.6 Å². The van der Waals surface area contributed by atoms with E-state index in [0.29, 0.717) is 29.5 Å². The number of carboxylic acids is 1. The fraction of sp³-hybridized carbons (Fsp3) is 0.308. The van der Waals surface area contributed by atoms with Crippen LogP contribution in [0.4, 0.5) is 0 Å². The predicted octanol–water partition coefficient (Wildman–Crippen LogP) is 1.59. The minimum absolute atomic E-state index is 0.0292. The largest absolute Gasteiger partial charge is 0.496 e. The summed E-state index contributed by atoms with van der Waals surface area (Å²) in [5, 5.41) is 12.9. The quantitative estimate of drug-likeness (QED) is 0.893. The molecule has 0 saturated carbocycles. The number of pyridine rings is 1. The molecule has 2 rings (SSSR count). The first kappa shape index (κ1) is 13.9. The van der Waals surface area contributed by atoms with Gasteiger partial charge in [0.2, 0.25) is 5.88 Å². The molecule has 7 nitrogen and oxygen atoms in total. The monoisotopic (exact) mass is 277 g/mol. The lowest BCUT2D eigenvalue weighted by Gasteiger charge is -2.10. The lowest BCUT2D eigenvalue weighted by atomic mass is 10.2. The summed E-state index contributed by atoms with van der Waals surface area (Å²) in [5.41, 5.74) is 1.23. The first-order chi connectivity index (χ1) is 9.56. The standard InChI is InChI=1S/C13H15N3O4/c1-4-20-12-6-11(19-3)8(7-14-12)10-5-9(13(17)18)15-16(10)2/h5-7H,4H2,1-3H3,(H,17,18). The van der Waals surface area contributed by atoms with Crippen molar-refractivity contribution in [3.63, 3.8) is 0 Å². The van der Waals surface area contributed by atoms with E-state index in [1.165, 1.54) is 17.9 Å². The Morgan fingerprint density at radius 1 is 1.45 bits per heavy atom. The molecule has 0 fully saturated rings. The molecule has 20 heavy (non-hydrogen) atoms. The molecule has 0 spiro atoms. The molecule has 106 valence electrons. The molecule has 7 heteroatoms. The zero-order chi connectivity index (χ0) is 14.7. The average Bonchev–Trinajstić information content (AvgIpc) is 2.81. The van der Waals surface area contributed by atoms with Crippen molar-refractivity contribution in [2.45, 2.75) is 6.92 Å². The first-order valence-electron chi connectivity index (χ1n) is 6.01. The lowest BCUT2D eigenvalue weighted by molar-refractivity contribution is 0.0689. The van der Waals surface area contributed by atoms with Crippen molar-refractivity contribution in [3.05, 3.63) is 24.0 Å². The number of aromatic nitrogens is 3. The predicted molar refractivity (Wildman–Crippen MR) is 71.1 cm³/mol. The van der Waals surface area contributed by atoms with Crippen LogP contribution >= 0.6 is 0 Å². The van der Waals surface area contributed by atoms with E-state index in [1.54, 1.807) is 19.3 Å². The van der Waals surface area contributed by atoms with Gasteiger partial charge in [0.15, 0.2) is 5.69 Å². The third-order valence-corrected chi connectivity index (χ3v) is 2.73. The van der Waals surface area contributed by atoms with Crippen LogP contribution in [-0.2, 0) is 7.05 Å². The van der Waals surface area contributed by atoms with Crippen LogP contribution in [0.2, 0.25) is 0 Å². The van der Waals surface area contributed by atoms with E-state index in [2.05, 4.69) is 10.1 Å². The molecule has 0 atom stereocenters. The highest BCUT2D eigenvalue weighted by Crippen LogP contribution is 2.31. The summed E-state index contributed by atoms with van der Waals surface area (Å²) in [4.78, 5) is 15.1. The lowest BCUT2D eigenvalue weighted by Crippen LogP contribution is -2.00. The molecule has 0 unspecified atom stereocenters. The van der Waals surface area contributed by atoms with Gasteiger partial charge in [-0.2, -0.15) is 5.10 Å². The number of hydrogen-bond donors (Lipinski definition) is 1. The molecule has 0 aliphatic heterocycles. The maximum atomic E-state index is 10.9. The van der Waals surface area contributed by atoms with E-state index in [0.717, 1.165) is 0 Å². The summed E-state index contributed by atoms with van der Waals surface area (Å²) in [7, 11) is 3.20. The third kappa shape index (κ3) is 2.56. The first-order valence-corrected chi connectivity index (χ1v) is 6.01. The molecule has 0 aromatic carbocycles. The molecule has 0 amide bonds. The van der Waals surface area contributed by atoms with Gasteiger partial charge in [-0.15, -0.1) is 0 Å². The maximum absolute atomic E-state index is 10.9. The summed E-state index contributed by atoms with van der Waals surface area (Å²) in [6.45, 7) is 2.37. The van der Waals surface area contributed by atoms with Gasteiger partial charge < -0.3 is 14.6 Å². The van der Waals surface area contributed by atoms with Crippen molar-refractivity contribution in [3.8, 4) is 22.9 Å². The van der Waals surface area contributed by atoms with Crippen LogP contribution in [-0.4, -0.2) is 39.6 Å². The van der Waals surface area contributed by atoms with Gasteiger partial charge in [0, 0.05) is 19.3 Å². The fourth-order valence-corrected chi connectivity index (χ4v) is 1.83. The molecule has 2 aromatic rings. The fourth-order valence-electron chi connectivity index (χ4n) is 1.83. The van der Waals surface area contributed by atoms with E-state index in [9.17, 15) is 4.79 Å². The Kier molecular flexibility index (Phi) is 3.88. The highest BCUT2D eigenvalue weighted by atomic mass is 16.5. The molecule has 0 bridgehead atoms. The smallest absolute Gasteiger partial charge is 0.356 e. The van der Waals surface area contributed by atoms with Crippen molar-refractivity contribution in [1.82, 2.24) is 14.8 Å². The summed E-state index contributed by atoms with van der Waals surface area (Å²) >= 11 is 0. The minimum atomic E-state index is -1.08. The molecule has 0 aliphatic carbocycles. The Balaban J connectivity index is 2.49. The molecule has 2 heterocycles. The molecule has 2 aromatic heterocycles. The van der Waals surface area contributed by atoms with E-state index in [4.69, 9.17) is 14.6 Å². The van der Waals surface area contributed by atoms with Gasteiger partial charge in [-0.25, -0.2) is 9.78 Å². The third-order valence-electron chi connectivity index (χ3n) is 2.73. The zero-order valence-corrected chi connectivity index (χ0v) is 11.5. The molecule has 0 saturated heterocycles. The van der Waals surface area contributed by atoms with Crippen molar-refractivity contribution in [2.24, 2.45) is 7.05 Å². The Morgan fingerprint density at radius 3 is 2.75 bits per heavy atom. The Bertz CT molecular complexity index is 637. The molecule has 1 N–H and O–H groups in total. The number of aryl methyl sites for hydroxylation is 1. The minimum Gasteiger partial charge on any atom is -0.496 e. The van der Waals surface area contributed by atoms with Crippen LogP contribution in [0.15, 0.2) is 18.3 Å². The summed E-state index contributed by atoms with van der Waals surface area (Å²) in [6, 6.07) is 3.13. The van der Waals surface area contributed by atoms with Gasteiger partial charge in [0.05, 0.1) is 25.0 Å². The van der Waals surface area contributed by atoms with Crippen molar-refractivity contribution < 1.29 is 19.4 Å². The normalized spacial score (nSPS) is 10.3. The van der Waals surface area contributed by atoms with E-state index < -0.39 is 5.97 Å². The van der Waals surface area contributed by atoms with Gasteiger partial charge in [-0.3, -0.25) is 4.68 Å². The van der Waals surface area contributed by atoms with Crippen LogP contribution in [0, 0.1) is 0 Å². The van der Waals surface area contributed by atoms with Gasteiger partial charge in [-0.1, -0.05) is 0 Å². The number of hydrogen-bond acceptors (Lipinski definition) is 5. The van der Waals surface area contributed by atoms with Gasteiger partial charge in [0.1, 0.15) is 5.75 Å². The second kappa shape index (κ2) is 5.60. The highest BCUT2D eigenvalue weighted by Gasteiger charge is 2.16. The number of nitrogens with zero attached hydrogens (tertiary/aromatic N) is 3. The van der Waals surface area contributed by atoms with Crippen LogP contribution in [0.3, 0.4) is 0 Å². The van der Waals surface area contributed by atoms with Gasteiger partial charge in [-0.05, 0) is 13.0 Å². The Hall–Kier alpha value is -2.57. The molecular weight excluding hydrogens is 262 g/mol. The second-order valence-electron chi connectivity index (χ2n) is 4.00. The van der Waals surface area contributed by atoms with Crippen LogP contribution in [0.1, 0.15) is 17.4 Å². The summed E-state index contributed by atoms with van der Waals surface area (Å²) in [6.07, 6.45) is 1.58. The van der Waals surface area contributed by atoms with Crippen LogP contribution in [0.25, 0.3) is 11.3 Å². The van der Waals surface area contributed by atoms with Gasteiger partial charge in [0.25, 0.3) is 0 Å². The second-order valence-corrected chi connectivity index (χ2v) is 4.00.